The minimum atomic E-state index is -0.297. The lowest BCUT2D eigenvalue weighted by molar-refractivity contribution is 0.353. The van der Waals surface area contributed by atoms with Gasteiger partial charge >= 0.3 is 0 Å². The molecule has 2 aromatic heterocycles. The van der Waals surface area contributed by atoms with Crippen LogP contribution in [-0.4, -0.2) is 33.2 Å². The number of nitrogens with one attached hydrogen (secondary N) is 1. The van der Waals surface area contributed by atoms with E-state index in [1.54, 1.807) is 12.5 Å². The quantitative estimate of drug-likeness (QED) is 0.824. The molecule has 2 aromatic rings. The molecule has 0 aromatic carbocycles. The number of nitrogens with zero attached hydrogens (tertiary/aromatic N) is 4. The van der Waals surface area contributed by atoms with Crippen LogP contribution in [0.15, 0.2) is 17.0 Å². The predicted octanol–water partition coefficient (Wildman–Crippen LogP) is 0.635. The predicted molar refractivity (Wildman–Crippen MR) is 65.0 cm³/mol. The van der Waals surface area contributed by atoms with E-state index in [0.29, 0.717) is 18.3 Å². The Hall–Kier alpha value is -1.89. The summed E-state index contributed by atoms with van der Waals surface area (Å²) in [6.45, 7) is 1.99. The van der Waals surface area contributed by atoms with Crippen molar-refractivity contribution < 1.29 is 4.52 Å². The Bertz CT molecular complexity index is 487. The maximum atomic E-state index is 6.04. The summed E-state index contributed by atoms with van der Waals surface area (Å²) in [5.74, 6) is 1.13. The second kappa shape index (κ2) is 4.77. The molecule has 3 N–H and O–H groups in total. The van der Waals surface area contributed by atoms with E-state index in [9.17, 15) is 0 Å². The van der Waals surface area contributed by atoms with E-state index in [2.05, 4.69) is 25.0 Å². The Balaban J connectivity index is 1.68. The average molecular weight is 248 g/mol. The standard InChI is InChI=1S/C11H16N6O/c12-9(5-8-6-13-7-14-8)10-15-11(16-18-10)17-3-1-2-4-17/h6-7,9H,1-5,12H2,(H,13,14). The highest BCUT2D eigenvalue weighted by atomic mass is 16.5. The van der Waals surface area contributed by atoms with Crippen molar-refractivity contribution in [3.8, 4) is 0 Å². The maximum absolute atomic E-state index is 6.04. The SMILES string of the molecule is NC(Cc1cnc[nH]1)c1nc(N2CCCC2)no1. The van der Waals surface area contributed by atoms with Gasteiger partial charge in [-0.05, 0) is 18.0 Å². The monoisotopic (exact) mass is 248 g/mol. The van der Waals surface area contributed by atoms with Crippen LogP contribution in [0, 0.1) is 0 Å². The number of H-pyrrole nitrogens is 1. The molecule has 0 spiro atoms. The summed E-state index contributed by atoms with van der Waals surface area (Å²) in [6.07, 6.45) is 6.36. The van der Waals surface area contributed by atoms with Crippen LogP contribution in [0.5, 0.6) is 0 Å². The van der Waals surface area contributed by atoms with Gasteiger partial charge in [0.15, 0.2) is 0 Å². The molecule has 18 heavy (non-hydrogen) atoms. The number of aromatic amines is 1. The number of anilines is 1. The first kappa shape index (κ1) is 11.2. The molecule has 1 saturated heterocycles. The normalized spacial score (nSPS) is 17.3. The third-order valence-corrected chi connectivity index (χ3v) is 3.13. The number of imidazole rings is 1. The summed E-state index contributed by atoms with van der Waals surface area (Å²) in [5, 5.41) is 3.98. The Labute approximate surface area is 104 Å². The third-order valence-electron chi connectivity index (χ3n) is 3.13. The van der Waals surface area contributed by atoms with E-state index in [1.165, 1.54) is 12.8 Å². The second-order valence-electron chi connectivity index (χ2n) is 4.51. The number of hydrogen-bond acceptors (Lipinski definition) is 6. The van der Waals surface area contributed by atoms with E-state index < -0.39 is 0 Å². The highest BCUT2D eigenvalue weighted by molar-refractivity contribution is 5.29. The molecular weight excluding hydrogens is 232 g/mol. The molecule has 3 heterocycles. The first-order valence-electron chi connectivity index (χ1n) is 6.14. The smallest absolute Gasteiger partial charge is 0.266 e. The molecule has 1 aliphatic heterocycles. The number of aromatic nitrogens is 4. The van der Waals surface area contributed by atoms with Crippen LogP contribution in [0.3, 0.4) is 0 Å². The van der Waals surface area contributed by atoms with E-state index >= 15 is 0 Å². The Morgan fingerprint density at radius 3 is 3.00 bits per heavy atom. The summed E-state index contributed by atoms with van der Waals surface area (Å²) < 4.78 is 5.23. The van der Waals surface area contributed by atoms with Crippen LogP contribution in [0.25, 0.3) is 0 Å². The molecule has 1 atom stereocenters. The number of nitrogens with two attached hydrogens (primary N) is 1. The second-order valence-corrected chi connectivity index (χ2v) is 4.51. The van der Waals surface area contributed by atoms with Crippen molar-refractivity contribution in [3.05, 3.63) is 24.1 Å². The minimum Gasteiger partial charge on any atom is -0.348 e. The fourth-order valence-corrected chi connectivity index (χ4v) is 2.14. The fraction of sp³-hybridized carbons (Fsp3) is 0.545. The van der Waals surface area contributed by atoms with Crippen LogP contribution in [0.1, 0.15) is 30.5 Å². The molecule has 3 rings (SSSR count). The lowest BCUT2D eigenvalue weighted by Gasteiger charge is -2.10. The average Bonchev–Trinajstić information content (AvgIpc) is 3.11. The molecule has 7 nitrogen and oxygen atoms in total. The van der Waals surface area contributed by atoms with Gasteiger partial charge in [0.2, 0.25) is 5.89 Å². The molecule has 96 valence electrons. The van der Waals surface area contributed by atoms with Crippen molar-refractivity contribution in [3.63, 3.8) is 0 Å². The number of rotatable bonds is 4. The summed E-state index contributed by atoms with van der Waals surface area (Å²) in [6, 6.07) is -0.297. The topological polar surface area (TPSA) is 96.9 Å². The van der Waals surface area contributed by atoms with Crippen molar-refractivity contribution >= 4 is 5.95 Å². The molecule has 0 amide bonds. The molecule has 7 heteroatoms. The molecule has 0 aliphatic carbocycles. The lowest BCUT2D eigenvalue weighted by atomic mass is 10.2. The fourth-order valence-electron chi connectivity index (χ4n) is 2.14. The zero-order chi connectivity index (χ0) is 12.4. The Morgan fingerprint density at radius 1 is 1.44 bits per heavy atom. The van der Waals surface area contributed by atoms with E-state index in [1.807, 2.05) is 0 Å². The van der Waals surface area contributed by atoms with Crippen LogP contribution >= 0.6 is 0 Å². The zero-order valence-corrected chi connectivity index (χ0v) is 10.0. The first-order chi connectivity index (χ1) is 8.83. The van der Waals surface area contributed by atoms with Crippen molar-refractivity contribution in [2.45, 2.75) is 25.3 Å². The van der Waals surface area contributed by atoms with Gasteiger partial charge in [-0.1, -0.05) is 0 Å². The van der Waals surface area contributed by atoms with Gasteiger partial charge < -0.3 is 20.1 Å². The third kappa shape index (κ3) is 2.21. The van der Waals surface area contributed by atoms with Crippen molar-refractivity contribution in [1.82, 2.24) is 20.1 Å². The van der Waals surface area contributed by atoms with Crippen LogP contribution in [0.2, 0.25) is 0 Å². The van der Waals surface area contributed by atoms with Gasteiger partial charge in [-0.3, -0.25) is 0 Å². The van der Waals surface area contributed by atoms with Gasteiger partial charge in [-0.2, -0.15) is 4.98 Å². The Kier molecular flexibility index (Phi) is 2.97. The zero-order valence-electron chi connectivity index (χ0n) is 10.0. The maximum Gasteiger partial charge on any atom is 0.266 e. The molecular formula is C11H16N6O. The summed E-state index contributed by atoms with van der Waals surface area (Å²) in [7, 11) is 0. The van der Waals surface area contributed by atoms with Crippen molar-refractivity contribution in [2.24, 2.45) is 5.73 Å². The van der Waals surface area contributed by atoms with Crippen molar-refractivity contribution in [1.29, 1.82) is 0 Å². The van der Waals surface area contributed by atoms with Crippen molar-refractivity contribution in [2.75, 3.05) is 18.0 Å². The van der Waals surface area contributed by atoms with E-state index in [4.69, 9.17) is 10.3 Å². The molecule has 0 radical (unpaired) electrons. The van der Waals surface area contributed by atoms with Crippen LogP contribution < -0.4 is 10.6 Å². The lowest BCUT2D eigenvalue weighted by Crippen LogP contribution is -2.19. The summed E-state index contributed by atoms with van der Waals surface area (Å²) >= 11 is 0. The number of hydrogen-bond donors (Lipinski definition) is 2. The van der Waals surface area contributed by atoms with Gasteiger partial charge in [-0.25, -0.2) is 4.98 Å². The largest absolute Gasteiger partial charge is 0.348 e. The van der Waals surface area contributed by atoms with Crippen LogP contribution in [-0.2, 0) is 6.42 Å². The van der Waals surface area contributed by atoms with Gasteiger partial charge in [-0.15, -0.1) is 0 Å². The molecule has 0 saturated carbocycles. The molecule has 1 aliphatic rings. The Morgan fingerprint density at radius 2 is 2.28 bits per heavy atom. The molecule has 0 bridgehead atoms. The van der Waals surface area contributed by atoms with Gasteiger partial charge in [0.05, 0.1) is 12.4 Å². The van der Waals surface area contributed by atoms with E-state index in [-0.39, 0.29) is 6.04 Å². The highest BCUT2D eigenvalue weighted by Crippen LogP contribution is 2.19. The summed E-state index contributed by atoms with van der Waals surface area (Å²) in [5.41, 5.74) is 7.00. The van der Waals surface area contributed by atoms with Crippen LogP contribution in [0.4, 0.5) is 5.95 Å². The minimum absolute atomic E-state index is 0.297. The van der Waals surface area contributed by atoms with E-state index in [0.717, 1.165) is 18.8 Å². The van der Waals surface area contributed by atoms with Gasteiger partial charge in [0.25, 0.3) is 5.95 Å². The molecule has 1 fully saturated rings. The van der Waals surface area contributed by atoms with Gasteiger partial charge in [0, 0.05) is 31.4 Å². The highest BCUT2D eigenvalue weighted by Gasteiger charge is 2.21. The molecule has 1 unspecified atom stereocenters. The summed E-state index contributed by atoms with van der Waals surface area (Å²) in [4.78, 5) is 13.4. The van der Waals surface area contributed by atoms with Gasteiger partial charge in [0.1, 0.15) is 0 Å². The first-order valence-corrected chi connectivity index (χ1v) is 6.14.